The van der Waals surface area contributed by atoms with Gasteiger partial charge in [0.15, 0.2) is 0 Å². The molecular formula is C7H9ClS. The molecule has 1 aromatic rings. The first-order chi connectivity index (χ1) is 4.20. The summed E-state index contributed by atoms with van der Waals surface area (Å²) in [6.45, 7) is 4.33. The number of hydrogen-bond acceptors (Lipinski definition) is 1. The molecule has 9 heavy (non-hydrogen) atoms. The maximum absolute atomic E-state index is 5.72. The number of hydrogen-bond donors (Lipinski definition) is 0. The van der Waals surface area contributed by atoms with Gasteiger partial charge in [-0.15, -0.1) is 11.3 Å². The van der Waals surface area contributed by atoms with Crippen molar-refractivity contribution in [3.05, 3.63) is 21.3 Å². The number of rotatable bonds is 1. The Hall–Kier alpha value is -0.0100. The van der Waals surface area contributed by atoms with Crippen LogP contribution in [-0.2, 0) is 0 Å². The lowest BCUT2D eigenvalue weighted by Gasteiger charge is -1.96. The minimum Gasteiger partial charge on any atom is -0.132 e. The van der Waals surface area contributed by atoms with E-state index in [9.17, 15) is 0 Å². The second-order valence-corrected chi connectivity index (χ2v) is 3.88. The highest BCUT2D eigenvalue weighted by Crippen LogP contribution is 2.25. The molecule has 0 fully saturated rings. The van der Waals surface area contributed by atoms with Gasteiger partial charge in [-0.05, 0) is 22.9 Å². The fraction of sp³-hybridized carbons (Fsp3) is 0.429. The van der Waals surface area contributed by atoms with Crippen LogP contribution < -0.4 is 0 Å². The second kappa shape index (κ2) is 2.72. The van der Waals surface area contributed by atoms with Gasteiger partial charge < -0.3 is 0 Å². The average molecular weight is 161 g/mol. The molecule has 0 spiro atoms. The van der Waals surface area contributed by atoms with E-state index in [1.807, 2.05) is 6.07 Å². The van der Waals surface area contributed by atoms with Crippen molar-refractivity contribution in [3.63, 3.8) is 0 Å². The van der Waals surface area contributed by atoms with E-state index in [4.69, 9.17) is 11.6 Å². The van der Waals surface area contributed by atoms with E-state index in [0.717, 1.165) is 4.34 Å². The topological polar surface area (TPSA) is 0 Å². The molecule has 0 saturated heterocycles. The van der Waals surface area contributed by atoms with E-state index < -0.39 is 0 Å². The van der Waals surface area contributed by atoms with E-state index >= 15 is 0 Å². The Labute approximate surface area is 64.5 Å². The molecule has 0 aliphatic rings. The first kappa shape index (κ1) is 7.10. The molecule has 1 aromatic heterocycles. The minimum atomic E-state index is 0.605. The molecule has 0 saturated carbocycles. The average Bonchev–Trinajstić information content (AvgIpc) is 2.14. The molecule has 0 aliphatic carbocycles. The maximum atomic E-state index is 5.72. The van der Waals surface area contributed by atoms with E-state index in [0.29, 0.717) is 5.92 Å². The van der Waals surface area contributed by atoms with Crippen molar-refractivity contribution in [2.75, 3.05) is 0 Å². The quantitative estimate of drug-likeness (QED) is 0.590. The normalized spacial score (nSPS) is 10.7. The van der Waals surface area contributed by atoms with Crippen molar-refractivity contribution in [2.24, 2.45) is 0 Å². The van der Waals surface area contributed by atoms with Crippen LogP contribution in [0.25, 0.3) is 0 Å². The predicted octanol–water partition coefficient (Wildman–Crippen LogP) is 3.52. The Morgan fingerprint density at radius 2 is 2.22 bits per heavy atom. The Morgan fingerprint density at radius 1 is 1.56 bits per heavy atom. The molecule has 0 N–H and O–H groups in total. The lowest BCUT2D eigenvalue weighted by Crippen LogP contribution is -1.79. The fourth-order valence-corrected chi connectivity index (χ4v) is 1.68. The van der Waals surface area contributed by atoms with Crippen molar-refractivity contribution in [1.82, 2.24) is 0 Å². The zero-order valence-electron chi connectivity index (χ0n) is 5.52. The van der Waals surface area contributed by atoms with Gasteiger partial charge in [-0.2, -0.15) is 0 Å². The molecule has 50 valence electrons. The molecular weight excluding hydrogens is 152 g/mol. The van der Waals surface area contributed by atoms with Crippen LogP contribution in [0, 0.1) is 0 Å². The molecule has 0 bridgehead atoms. The molecule has 0 aliphatic heterocycles. The van der Waals surface area contributed by atoms with Gasteiger partial charge in [-0.1, -0.05) is 25.4 Å². The first-order valence-electron chi connectivity index (χ1n) is 2.94. The van der Waals surface area contributed by atoms with E-state index in [1.165, 1.54) is 5.56 Å². The third-order valence-electron chi connectivity index (χ3n) is 1.25. The van der Waals surface area contributed by atoms with Crippen LogP contribution in [0.15, 0.2) is 11.4 Å². The third kappa shape index (κ3) is 1.70. The van der Waals surface area contributed by atoms with Gasteiger partial charge in [0, 0.05) is 0 Å². The summed E-state index contributed by atoms with van der Waals surface area (Å²) in [6, 6.07) is 2.02. The summed E-state index contributed by atoms with van der Waals surface area (Å²) in [5.41, 5.74) is 1.34. The fourth-order valence-electron chi connectivity index (χ4n) is 0.626. The molecule has 0 atom stereocenters. The zero-order valence-corrected chi connectivity index (χ0v) is 7.09. The minimum absolute atomic E-state index is 0.605. The van der Waals surface area contributed by atoms with Gasteiger partial charge in [-0.25, -0.2) is 0 Å². The van der Waals surface area contributed by atoms with Crippen LogP contribution in [0.3, 0.4) is 0 Å². The van der Waals surface area contributed by atoms with E-state index in [1.54, 1.807) is 11.3 Å². The Balaban J connectivity index is 2.85. The van der Waals surface area contributed by atoms with Crippen LogP contribution in [-0.4, -0.2) is 0 Å². The molecule has 0 radical (unpaired) electrons. The van der Waals surface area contributed by atoms with Crippen LogP contribution in [0.1, 0.15) is 25.3 Å². The largest absolute Gasteiger partial charge is 0.132 e. The van der Waals surface area contributed by atoms with Crippen LogP contribution >= 0.6 is 22.9 Å². The second-order valence-electron chi connectivity index (χ2n) is 2.34. The van der Waals surface area contributed by atoms with Crippen molar-refractivity contribution in [2.45, 2.75) is 19.8 Å². The van der Waals surface area contributed by atoms with E-state index in [-0.39, 0.29) is 0 Å². The predicted molar refractivity (Wildman–Crippen MR) is 43.4 cm³/mol. The van der Waals surface area contributed by atoms with Crippen LogP contribution in [0.2, 0.25) is 4.34 Å². The Kier molecular flexibility index (Phi) is 2.14. The highest BCUT2D eigenvalue weighted by Gasteiger charge is 1.99. The highest BCUT2D eigenvalue weighted by molar-refractivity contribution is 7.14. The van der Waals surface area contributed by atoms with Gasteiger partial charge in [0.2, 0.25) is 0 Å². The van der Waals surface area contributed by atoms with Gasteiger partial charge in [0.25, 0.3) is 0 Å². The SMILES string of the molecule is CC(C)c1csc(Cl)c1. The lowest BCUT2D eigenvalue weighted by atomic mass is 10.1. The summed E-state index contributed by atoms with van der Waals surface area (Å²) in [4.78, 5) is 0. The Bertz CT molecular complexity index is 191. The third-order valence-corrected chi connectivity index (χ3v) is 2.36. The standard InChI is InChI=1S/C7H9ClS/c1-5(2)6-3-7(8)9-4-6/h3-5H,1-2H3. The monoisotopic (exact) mass is 160 g/mol. The maximum Gasteiger partial charge on any atom is 0.0931 e. The molecule has 0 unspecified atom stereocenters. The zero-order chi connectivity index (χ0) is 6.85. The van der Waals surface area contributed by atoms with Crippen molar-refractivity contribution in [3.8, 4) is 0 Å². The number of halogens is 1. The first-order valence-corrected chi connectivity index (χ1v) is 4.20. The smallest absolute Gasteiger partial charge is 0.0931 e. The molecule has 0 nitrogen and oxygen atoms in total. The summed E-state index contributed by atoms with van der Waals surface area (Å²) in [5.74, 6) is 0.605. The number of thiophene rings is 1. The van der Waals surface area contributed by atoms with Crippen molar-refractivity contribution < 1.29 is 0 Å². The highest BCUT2D eigenvalue weighted by atomic mass is 35.5. The summed E-state index contributed by atoms with van der Waals surface area (Å²) >= 11 is 7.32. The van der Waals surface area contributed by atoms with E-state index in [2.05, 4.69) is 19.2 Å². The molecule has 0 aromatic carbocycles. The van der Waals surface area contributed by atoms with Crippen LogP contribution in [0.4, 0.5) is 0 Å². The summed E-state index contributed by atoms with van der Waals surface area (Å²) in [7, 11) is 0. The van der Waals surface area contributed by atoms with Gasteiger partial charge in [0.05, 0.1) is 4.34 Å². The van der Waals surface area contributed by atoms with Gasteiger partial charge >= 0.3 is 0 Å². The van der Waals surface area contributed by atoms with Crippen molar-refractivity contribution >= 4 is 22.9 Å². The van der Waals surface area contributed by atoms with Crippen LogP contribution in [0.5, 0.6) is 0 Å². The molecule has 0 amide bonds. The molecule has 1 heterocycles. The van der Waals surface area contributed by atoms with Crippen molar-refractivity contribution in [1.29, 1.82) is 0 Å². The molecule has 2 heteroatoms. The summed E-state index contributed by atoms with van der Waals surface area (Å²) < 4.78 is 0.888. The van der Waals surface area contributed by atoms with Gasteiger partial charge in [-0.3, -0.25) is 0 Å². The summed E-state index contributed by atoms with van der Waals surface area (Å²) in [5, 5.41) is 2.10. The van der Waals surface area contributed by atoms with Gasteiger partial charge in [0.1, 0.15) is 0 Å². The lowest BCUT2D eigenvalue weighted by molar-refractivity contribution is 0.872. The summed E-state index contributed by atoms with van der Waals surface area (Å²) in [6.07, 6.45) is 0. The molecule has 1 rings (SSSR count). The Morgan fingerprint density at radius 3 is 2.44 bits per heavy atom.